The molecule has 0 unspecified atom stereocenters. The Hall–Kier alpha value is -2.74. The summed E-state index contributed by atoms with van der Waals surface area (Å²) in [7, 11) is 0. The van der Waals surface area contributed by atoms with Gasteiger partial charge in [0.25, 0.3) is 0 Å². The molecule has 7 heteroatoms. The van der Waals surface area contributed by atoms with Crippen molar-refractivity contribution in [2.45, 2.75) is 56.7 Å². The Morgan fingerprint density at radius 3 is 1.75 bits per heavy atom. The van der Waals surface area contributed by atoms with Gasteiger partial charge in [0.05, 0.1) is 32.5 Å². The maximum atomic E-state index is 12.2. The Morgan fingerprint density at radius 1 is 0.778 bits per heavy atom. The van der Waals surface area contributed by atoms with Gasteiger partial charge in [-0.2, -0.15) is 0 Å². The zero-order valence-electron chi connectivity index (χ0n) is 20.3. The van der Waals surface area contributed by atoms with Crippen molar-refractivity contribution >= 4 is 17.5 Å². The second-order valence-electron chi connectivity index (χ2n) is 8.78. The number of benzene rings is 3. The number of nitrogens with one attached hydrogen (secondary N) is 1. The summed E-state index contributed by atoms with van der Waals surface area (Å²) in [5.41, 5.74) is 2.27. The van der Waals surface area contributed by atoms with E-state index in [1.165, 1.54) is 6.92 Å². The Bertz CT molecular complexity index is 1050. The smallest absolute Gasteiger partial charge is 0.217 e. The number of hydrogen-bond acceptors (Lipinski definition) is 5. The van der Waals surface area contributed by atoms with Crippen LogP contribution >= 0.6 is 11.6 Å². The Labute approximate surface area is 217 Å². The fourth-order valence-corrected chi connectivity index (χ4v) is 4.59. The van der Waals surface area contributed by atoms with Gasteiger partial charge in [-0.05, 0) is 16.7 Å². The molecule has 190 valence electrons. The van der Waals surface area contributed by atoms with E-state index in [1.54, 1.807) is 0 Å². The average Bonchev–Trinajstić information content (AvgIpc) is 2.89. The van der Waals surface area contributed by atoms with E-state index in [4.69, 9.17) is 30.5 Å². The van der Waals surface area contributed by atoms with Crippen molar-refractivity contribution in [1.82, 2.24) is 5.32 Å². The molecule has 1 aliphatic heterocycles. The Balaban J connectivity index is 1.51. The van der Waals surface area contributed by atoms with Gasteiger partial charge in [0.1, 0.15) is 18.3 Å². The van der Waals surface area contributed by atoms with Gasteiger partial charge in [0.15, 0.2) is 5.56 Å². The molecule has 0 aliphatic carbocycles. The molecular weight excluding hydrogens is 478 g/mol. The van der Waals surface area contributed by atoms with Crippen LogP contribution in [0.4, 0.5) is 0 Å². The summed E-state index contributed by atoms with van der Waals surface area (Å²) in [5.74, 6) is -0.198. The van der Waals surface area contributed by atoms with Gasteiger partial charge in [0.2, 0.25) is 5.91 Å². The summed E-state index contributed by atoms with van der Waals surface area (Å²) in [5, 5.41) is 3.01. The van der Waals surface area contributed by atoms with Crippen LogP contribution in [0, 0.1) is 0 Å². The van der Waals surface area contributed by atoms with Crippen LogP contribution in [0.2, 0.25) is 0 Å². The van der Waals surface area contributed by atoms with Crippen LogP contribution in [0.15, 0.2) is 91.0 Å². The van der Waals surface area contributed by atoms with Gasteiger partial charge in [-0.1, -0.05) is 103 Å². The van der Waals surface area contributed by atoms with Crippen molar-refractivity contribution in [1.29, 1.82) is 0 Å². The number of hydrogen-bond donors (Lipinski definition) is 1. The predicted octanol–water partition coefficient (Wildman–Crippen LogP) is 4.84. The fraction of sp³-hybridized carbons (Fsp3) is 0.345. The highest BCUT2D eigenvalue weighted by atomic mass is 35.5. The minimum atomic E-state index is -0.799. The standard InChI is InChI=1S/C29H32ClNO5/c1-21(32)31-26-27(34-18-23-13-7-3-8-14-23)25(20-33-17-22-11-5-2-6-12-22)36-29(30)28(26)35-19-24-15-9-4-10-16-24/h2-16,25-29H,17-20H2,1H3,(H,31,32)/t25-,26-,27-,28-,29+/m1/s1. The van der Waals surface area contributed by atoms with Crippen LogP contribution in [-0.2, 0) is 43.6 Å². The molecule has 4 rings (SSSR count). The van der Waals surface area contributed by atoms with Crippen LogP contribution in [0.1, 0.15) is 23.6 Å². The van der Waals surface area contributed by atoms with Crippen LogP contribution < -0.4 is 5.32 Å². The lowest BCUT2D eigenvalue weighted by atomic mass is 9.96. The molecule has 0 radical (unpaired) electrons. The van der Waals surface area contributed by atoms with Gasteiger partial charge in [0, 0.05) is 6.92 Å². The van der Waals surface area contributed by atoms with Gasteiger partial charge in [-0.3, -0.25) is 4.79 Å². The number of halogens is 1. The normalized spacial score (nSPS) is 23.8. The van der Waals surface area contributed by atoms with Gasteiger partial charge in [-0.15, -0.1) is 0 Å². The second-order valence-corrected chi connectivity index (χ2v) is 9.21. The molecule has 1 N–H and O–H groups in total. The van der Waals surface area contributed by atoms with E-state index in [1.807, 2.05) is 91.0 Å². The molecule has 1 amide bonds. The molecule has 6 nitrogen and oxygen atoms in total. The molecule has 0 bridgehead atoms. The molecule has 5 atom stereocenters. The van der Waals surface area contributed by atoms with E-state index < -0.39 is 29.9 Å². The lowest BCUT2D eigenvalue weighted by Gasteiger charge is -2.44. The Morgan fingerprint density at radius 2 is 1.25 bits per heavy atom. The first-order chi connectivity index (χ1) is 17.6. The highest BCUT2D eigenvalue weighted by Crippen LogP contribution is 2.30. The number of alkyl halides is 1. The number of rotatable bonds is 11. The van der Waals surface area contributed by atoms with Gasteiger partial charge >= 0.3 is 0 Å². The molecule has 0 spiro atoms. The second kappa shape index (κ2) is 13.5. The van der Waals surface area contributed by atoms with Crippen molar-refractivity contribution in [2.75, 3.05) is 6.61 Å². The average molecular weight is 510 g/mol. The largest absolute Gasteiger partial charge is 0.374 e. The van der Waals surface area contributed by atoms with Crippen molar-refractivity contribution in [3.05, 3.63) is 108 Å². The summed E-state index contributed by atoms with van der Waals surface area (Å²) in [6.07, 6.45) is -1.67. The number of carbonyl (C=O) groups excluding carboxylic acids is 1. The van der Waals surface area contributed by atoms with Gasteiger partial charge in [-0.25, -0.2) is 0 Å². The maximum Gasteiger partial charge on any atom is 0.217 e. The molecule has 1 fully saturated rings. The third-order valence-corrected chi connectivity index (χ3v) is 6.32. The first-order valence-electron chi connectivity index (χ1n) is 12.1. The van der Waals surface area contributed by atoms with E-state index in [9.17, 15) is 4.79 Å². The summed E-state index contributed by atoms with van der Waals surface area (Å²) in [6.45, 7) is 2.83. The minimum absolute atomic E-state index is 0.198. The molecular formula is C29H32ClNO5. The maximum absolute atomic E-state index is 12.2. The van der Waals surface area contributed by atoms with Crippen molar-refractivity contribution < 1.29 is 23.7 Å². The molecule has 1 saturated heterocycles. The third kappa shape index (κ3) is 7.63. The molecule has 0 aromatic heterocycles. The van der Waals surface area contributed by atoms with Crippen molar-refractivity contribution in [2.24, 2.45) is 0 Å². The number of ether oxygens (including phenoxy) is 4. The highest BCUT2D eigenvalue weighted by molar-refractivity contribution is 6.20. The first-order valence-corrected chi connectivity index (χ1v) is 12.5. The molecule has 3 aromatic carbocycles. The Kier molecular flexibility index (Phi) is 9.90. The fourth-order valence-electron chi connectivity index (χ4n) is 4.23. The van der Waals surface area contributed by atoms with E-state index in [-0.39, 0.29) is 12.5 Å². The van der Waals surface area contributed by atoms with E-state index in [0.717, 1.165) is 16.7 Å². The van der Waals surface area contributed by atoms with Crippen LogP contribution in [-0.4, -0.2) is 42.4 Å². The van der Waals surface area contributed by atoms with Crippen LogP contribution in [0.5, 0.6) is 0 Å². The van der Waals surface area contributed by atoms with Crippen molar-refractivity contribution in [3.8, 4) is 0 Å². The lowest BCUT2D eigenvalue weighted by molar-refractivity contribution is -0.209. The van der Waals surface area contributed by atoms with Crippen molar-refractivity contribution in [3.63, 3.8) is 0 Å². The highest BCUT2D eigenvalue weighted by Gasteiger charge is 2.47. The molecule has 3 aromatic rings. The van der Waals surface area contributed by atoms with E-state index in [2.05, 4.69) is 5.32 Å². The van der Waals surface area contributed by atoms with Gasteiger partial charge < -0.3 is 24.3 Å². The molecule has 1 aliphatic rings. The molecule has 36 heavy (non-hydrogen) atoms. The first kappa shape index (κ1) is 26.3. The summed E-state index contributed by atoms with van der Waals surface area (Å²) < 4.78 is 24.7. The lowest BCUT2D eigenvalue weighted by Crippen LogP contribution is -2.64. The molecule has 1 heterocycles. The zero-order valence-corrected chi connectivity index (χ0v) is 21.1. The third-order valence-electron chi connectivity index (χ3n) is 5.97. The number of carbonyl (C=O) groups is 1. The monoisotopic (exact) mass is 509 g/mol. The van der Waals surface area contributed by atoms with E-state index >= 15 is 0 Å². The van der Waals surface area contributed by atoms with Crippen LogP contribution in [0.3, 0.4) is 0 Å². The summed E-state index contributed by atoms with van der Waals surface area (Å²) in [6, 6.07) is 29.0. The van der Waals surface area contributed by atoms with Crippen LogP contribution in [0.25, 0.3) is 0 Å². The molecule has 0 saturated carbocycles. The minimum Gasteiger partial charge on any atom is -0.374 e. The predicted molar refractivity (Wildman–Crippen MR) is 138 cm³/mol. The summed E-state index contributed by atoms with van der Waals surface area (Å²) >= 11 is 6.69. The topological polar surface area (TPSA) is 66.0 Å². The number of amides is 1. The zero-order chi connectivity index (χ0) is 25.2. The quantitative estimate of drug-likeness (QED) is 0.375. The summed E-state index contributed by atoms with van der Waals surface area (Å²) in [4.78, 5) is 12.2. The SMILES string of the molecule is CC(=O)N[C@H]1[C@@H](OCc2ccccc2)[C@@H](Cl)O[C@H](COCc2ccccc2)[C@H]1OCc1ccccc1. The van der Waals surface area contributed by atoms with E-state index in [0.29, 0.717) is 19.8 Å².